The first-order valence-electron chi connectivity index (χ1n) is 9.99. The van der Waals surface area contributed by atoms with Crippen molar-refractivity contribution in [1.29, 1.82) is 0 Å². The Kier molecular flexibility index (Phi) is 8.16. The summed E-state index contributed by atoms with van der Waals surface area (Å²) in [6, 6.07) is 18.4. The van der Waals surface area contributed by atoms with Crippen LogP contribution in [0.25, 0.3) is 0 Å². The molecule has 2 aromatic carbocycles. The number of carbonyl (C=O) groups excluding carboxylic acids is 3. The Hall–Kier alpha value is -3.15. The predicted octanol–water partition coefficient (Wildman–Crippen LogP) is 3.62. The molecule has 0 spiro atoms. The summed E-state index contributed by atoms with van der Waals surface area (Å²) in [5.41, 5.74) is 1.38. The van der Waals surface area contributed by atoms with Crippen LogP contribution >= 0.6 is 0 Å². The second kappa shape index (κ2) is 10.6. The number of hydrogen-bond donors (Lipinski definition) is 1. The third kappa shape index (κ3) is 7.35. The molecule has 0 bridgehead atoms. The molecule has 1 N–H and O–H groups in total. The molecule has 1 atom stereocenters. The summed E-state index contributed by atoms with van der Waals surface area (Å²) >= 11 is 0. The van der Waals surface area contributed by atoms with Crippen LogP contribution in [0.2, 0.25) is 0 Å². The van der Waals surface area contributed by atoms with Crippen LogP contribution in [0.1, 0.15) is 51.3 Å². The van der Waals surface area contributed by atoms with E-state index in [1.165, 1.54) is 6.92 Å². The minimum Gasteiger partial charge on any atom is -0.455 e. The average Bonchev–Trinajstić information content (AvgIpc) is 2.70. The third-order valence-corrected chi connectivity index (χ3v) is 4.60. The van der Waals surface area contributed by atoms with Crippen LogP contribution in [0.15, 0.2) is 60.7 Å². The molecule has 0 fully saturated rings. The number of carbonyl (C=O) groups is 3. The summed E-state index contributed by atoms with van der Waals surface area (Å²) in [5.74, 6) is -1.05. The molecule has 2 aromatic rings. The van der Waals surface area contributed by atoms with Gasteiger partial charge in [0.05, 0.1) is 12.5 Å². The molecule has 0 saturated carbocycles. The van der Waals surface area contributed by atoms with E-state index < -0.39 is 17.6 Å². The topological polar surface area (TPSA) is 75.7 Å². The number of hydrogen-bond acceptors (Lipinski definition) is 4. The summed E-state index contributed by atoms with van der Waals surface area (Å²) in [6.45, 7) is 7.31. The van der Waals surface area contributed by atoms with Gasteiger partial charge >= 0.3 is 5.97 Å². The Morgan fingerprint density at radius 3 is 2.07 bits per heavy atom. The first kappa shape index (κ1) is 23.1. The number of benzene rings is 2. The van der Waals surface area contributed by atoms with Crippen LogP contribution < -0.4 is 5.32 Å². The number of ether oxygens (including phenoxy) is 1. The second-order valence-electron chi connectivity index (χ2n) is 8.16. The first-order valence-corrected chi connectivity index (χ1v) is 9.99. The number of nitrogens with zero attached hydrogens (tertiary/aromatic N) is 1. The molecule has 6 heteroatoms. The molecule has 30 heavy (non-hydrogen) atoms. The van der Waals surface area contributed by atoms with E-state index in [9.17, 15) is 14.4 Å². The molecule has 2 rings (SSSR count). The molecule has 0 heterocycles. The van der Waals surface area contributed by atoms with Gasteiger partial charge in [0.15, 0.2) is 6.61 Å². The van der Waals surface area contributed by atoms with Crippen molar-refractivity contribution >= 4 is 17.8 Å². The maximum absolute atomic E-state index is 12.8. The summed E-state index contributed by atoms with van der Waals surface area (Å²) in [5, 5.41) is 2.76. The lowest BCUT2D eigenvalue weighted by Gasteiger charge is -2.35. The lowest BCUT2D eigenvalue weighted by Crippen LogP contribution is -2.47. The van der Waals surface area contributed by atoms with E-state index in [0.29, 0.717) is 6.54 Å². The van der Waals surface area contributed by atoms with Crippen molar-refractivity contribution in [2.24, 2.45) is 0 Å². The van der Waals surface area contributed by atoms with E-state index in [1.54, 1.807) is 4.90 Å². The maximum Gasteiger partial charge on any atom is 0.308 e. The zero-order valence-corrected chi connectivity index (χ0v) is 18.1. The molecular weight excluding hydrogens is 380 g/mol. The standard InChI is InChI=1S/C24H30N2O4/c1-18(27)25-21(20-13-9-6-10-14-20)15-23(29)30-17-22(28)26(24(2,3)4)16-19-11-7-5-8-12-19/h5-14,21H,15-17H2,1-4H3,(H,25,27)/t21-/m0/s1. The van der Waals surface area contributed by atoms with Gasteiger partial charge in [-0.15, -0.1) is 0 Å². The molecule has 0 saturated heterocycles. The minimum atomic E-state index is -0.542. The molecule has 0 aliphatic heterocycles. The number of nitrogens with one attached hydrogen (secondary N) is 1. The van der Waals surface area contributed by atoms with E-state index in [0.717, 1.165) is 11.1 Å². The fraction of sp³-hybridized carbons (Fsp3) is 0.375. The number of esters is 1. The molecule has 0 aliphatic carbocycles. The number of amides is 2. The van der Waals surface area contributed by atoms with Gasteiger partial charge in [0, 0.05) is 19.0 Å². The molecule has 6 nitrogen and oxygen atoms in total. The lowest BCUT2D eigenvalue weighted by atomic mass is 10.0. The fourth-order valence-electron chi connectivity index (χ4n) is 3.09. The maximum atomic E-state index is 12.8. The minimum absolute atomic E-state index is 0.0505. The van der Waals surface area contributed by atoms with Gasteiger partial charge in [-0.3, -0.25) is 14.4 Å². The van der Waals surface area contributed by atoms with E-state index in [4.69, 9.17) is 4.74 Å². The van der Waals surface area contributed by atoms with Gasteiger partial charge in [-0.25, -0.2) is 0 Å². The average molecular weight is 411 g/mol. The van der Waals surface area contributed by atoms with Crippen LogP contribution in [-0.4, -0.2) is 34.8 Å². The van der Waals surface area contributed by atoms with Crippen molar-refractivity contribution < 1.29 is 19.1 Å². The van der Waals surface area contributed by atoms with Gasteiger partial charge in [0.25, 0.3) is 5.91 Å². The van der Waals surface area contributed by atoms with Crippen molar-refractivity contribution in [1.82, 2.24) is 10.2 Å². The van der Waals surface area contributed by atoms with Gasteiger partial charge in [-0.1, -0.05) is 60.7 Å². The van der Waals surface area contributed by atoms with E-state index >= 15 is 0 Å². The molecule has 0 radical (unpaired) electrons. The molecule has 0 aromatic heterocycles. The van der Waals surface area contributed by atoms with Crippen molar-refractivity contribution in [3.63, 3.8) is 0 Å². The summed E-state index contributed by atoms with van der Waals surface area (Å²) in [4.78, 5) is 38.4. The Balaban J connectivity index is 1.99. The largest absolute Gasteiger partial charge is 0.455 e. The van der Waals surface area contributed by atoms with E-state index in [1.807, 2.05) is 81.4 Å². The molecule has 0 aliphatic rings. The highest BCUT2D eigenvalue weighted by atomic mass is 16.5. The Morgan fingerprint density at radius 1 is 0.967 bits per heavy atom. The zero-order valence-electron chi connectivity index (χ0n) is 18.1. The summed E-state index contributed by atoms with van der Waals surface area (Å²) < 4.78 is 5.27. The normalized spacial score (nSPS) is 12.0. The lowest BCUT2D eigenvalue weighted by molar-refractivity contribution is -0.155. The van der Waals surface area contributed by atoms with Crippen LogP contribution in [0.5, 0.6) is 0 Å². The van der Waals surface area contributed by atoms with Gasteiger partial charge in [-0.05, 0) is 31.9 Å². The summed E-state index contributed by atoms with van der Waals surface area (Å²) in [7, 11) is 0. The van der Waals surface area contributed by atoms with Crippen LogP contribution in [0, 0.1) is 0 Å². The van der Waals surface area contributed by atoms with Gasteiger partial charge in [0.1, 0.15) is 0 Å². The summed E-state index contributed by atoms with van der Waals surface area (Å²) in [6.07, 6.45) is -0.0505. The van der Waals surface area contributed by atoms with Crippen molar-refractivity contribution in [2.45, 2.75) is 52.2 Å². The molecule has 160 valence electrons. The second-order valence-corrected chi connectivity index (χ2v) is 8.16. The Bertz CT molecular complexity index is 845. The van der Waals surface area contributed by atoms with Crippen LogP contribution in [-0.2, 0) is 25.7 Å². The molecule has 0 unspecified atom stereocenters. The highest BCUT2D eigenvalue weighted by molar-refractivity contribution is 5.82. The fourth-order valence-corrected chi connectivity index (χ4v) is 3.09. The van der Waals surface area contributed by atoms with Crippen molar-refractivity contribution in [2.75, 3.05) is 6.61 Å². The zero-order chi connectivity index (χ0) is 22.1. The quantitative estimate of drug-likeness (QED) is 0.675. The van der Waals surface area contributed by atoms with Crippen LogP contribution in [0.4, 0.5) is 0 Å². The van der Waals surface area contributed by atoms with Gasteiger partial charge < -0.3 is 15.0 Å². The van der Waals surface area contributed by atoms with Crippen molar-refractivity contribution in [3.05, 3.63) is 71.8 Å². The Morgan fingerprint density at radius 2 is 1.53 bits per heavy atom. The van der Waals surface area contributed by atoms with E-state index in [2.05, 4.69) is 5.32 Å². The smallest absolute Gasteiger partial charge is 0.308 e. The highest BCUT2D eigenvalue weighted by Crippen LogP contribution is 2.19. The van der Waals surface area contributed by atoms with Gasteiger partial charge in [0.2, 0.25) is 5.91 Å². The van der Waals surface area contributed by atoms with Crippen molar-refractivity contribution in [3.8, 4) is 0 Å². The molecular formula is C24H30N2O4. The monoisotopic (exact) mass is 410 g/mol. The SMILES string of the molecule is CC(=O)N[C@@H](CC(=O)OCC(=O)N(Cc1ccccc1)C(C)(C)C)c1ccccc1. The highest BCUT2D eigenvalue weighted by Gasteiger charge is 2.27. The number of rotatable bonds is 8. The van der Waals surface area contributed by atoms with Crippen LogP contribution in [0.3, 0.4) is 0 Å². The first-order chi connectivity index (χ1) is 14.2. The van der Waals surface area contributed by atoms with Gasteiger partial charge in [-0.2, -0.15) is 0 Å². The van der Waals surface area contributed by atoms with E-state index in [-0.39, 0.29) is 24.8 Å². The predicted molar refractivity (Wildman–Crippen MR) is 115 cm³/mol. The molecule has 2 amide bonds. The Labute approximate surface area is 178 Å². The third-order valence-electron chi connectivity index (χ3n) is 4.60.